The maximum Gasteiger partial charge on any atom is 0.0599 e. The van der Waals surface area contributed by atoms with Crippen molar-refractivity contribution in [1.29, 1.82) is 0 Å². The molecular formula is C8H16N2. The molecule has 0 aromatic carbocycles. The van der Waals surface area contributed by atoms with Gasteiger partial charge in [-0.15, -0.1) is 0 Å². The summed E-state index contributed by atoms with van der Waals surface area (Å²) in [5, 5.41) is 3.54. The fourth-order valence-electron chi connectivity index (χ4n) is 2.16. The summed E-state index contributed by atoms with van der Waals surface area (Å²) in [6.45, 7) is 4.89. The molecule has 2 heteroatoms. The van der Waals surface area contributed by atoms with Crippen molar-refractivity contribution in [3.8, 4) is 0 Å². The van der Waals surface area contributed by atoms with E-state index in [1.807, 2.05) is 0 Å². The van der Waals surface area contributed by atoms with Crippen LogP contribution in [-0.4, -0.2) is 30.2 Å². The van der Waals surface area contributed by atoms with Crippen LogP contribution in [0.4, 0.5) is 0 Å². The van der Waals surface area contributed by atoms with Crippen LogP contribution < -0.4 is 5.32 Å². The molecule has 1 N–H and O–H groups in total. The van der Waals surface area contributed by atoms with Gasteiger partial charge in [-0.3, -0.25) is 4.90 Å². The highest BCUT2D eigenvalue weighted by Gasteiger charge is 2.30. The first kappa shape index (κ1) is 6.62. The SMILES string of the molecule is C[C@@H]1CCN[C@@H]2CCCN12. The van der Waals surface area contributed by atoms with Crippen LogP contribution in [0.1, 0.15) is 26.2 Å². The summed E-state index contributed by atoms with van der Waals surface area (Å²) in [4.78, 5) is 2.60. The second-order valence-electron chi connectivity index (χ2n) is 3.49. The molecule has 2 aliphatic heterocycles. The Morgan fingerprint density at radius 3 is 3.10 bits per heavy atom. The van der Waals surface area contributed by atoms with Crippen molar-refractivity contribution in [2.75, 3.05) is 13.1 Å². The standard InChI is InChI=1S/C8H16N2/c1-7-4-5-9-8-3-2-6-10(7)8/h7-9H,2-6H2,1H3/t7-,8+/m1/s1. The lowest BCUT2D eigenvalue weighted by atomic mass is 10.1. The summed E-state index contributed by atoms with van der Waals surface area (Å²) in [6, 6.07) is 0.828. The first-order valence-corrected chi connectivity index (χ1v) is 4.37. The predicted molar refractivity (Wildman–Crippen MR) is 41.8 cm³/mol. The molecule has 2 atom stereocenters. The summed E-state index contributed by atoms with van der Waals surface area (Å²) in [6.07, 6.45) is 4.81. The van der Waals surface area contributed by atoms with Crippen LogP contribution in [0, 0.1) is 0 Å². The fraction of sp³-hybridized carbons (Fsp3) is 1.00. The van der Waals surface area contributed by atoms with Crippen LogP contribution in [-0.2, 0) is 0 Å². The summed E-state index contributed by atoms with van der Waals surface area (Å²) >= 11 is 0. The van der Waals surface area contributed by atoms with Gasteiger partial charge in [0.1, 0.15) is 0 Å². The van der Waals surface area contributed by atoms with Gasteiger partial charge in [-0.2, -0.15) is 0 Å². The monoisotopic (exact) mass is 140 g/mol. The number of fused-ring (bicyclic) bond motifs is 1. The van der Waals surface area contributed by atoms with Gasteiger partial charge in [0, 0.05) is 12.6 Å². The lowest BCUT2D eigenvalue weighted by molar-refractivity contribution is 0.121. The molecule has 0 aromatic rings. The molecule has 0 radical (unpaired) electrons. The maximum atomic E-state index is 3.54. The maximum absolute atomic E-state index is 3.54. The van der Waals surface area contributed by atoms with Gasteiger partial charge in [-0.05, 0) is 32.7 Å². The molecular weight excluding hydrogens is 124 g/mol. The molecule has 58 valence electrons. The Morgan fingerprint density at radius 2 is 2.30 bits per heavy atom. The molecule has 2 saturated heterocycles. The molecule has 0 saturated carbocycles. The molecule has 10 heavy (non-hydrogen) atoms. The molecule has 0 amide bonds. The number of nitrogens with zero attached hydrogens (tertiary/aromatic N) is 1. The summed E-state index contributed by atoms with van der Waals surface area (Å²) in [7, 11) is 0. The quantitative estimate of drug-likeness (QED) is 0.535. The molecule has 2 heterocycles. The Balaban J connectivity index is 2.03. The van der Waals surface area contributed by atoms with Gasteiger partial charge in [-0.25, -0.2) is 0 Å². The van der Waals surface area contributed by atoms with Gasteiger partial charge in [-0.1, -0.05) is 0 Å². The van der Waals surface area contributed by atoms with E-state index in [1.54, 1.807) is 0 Å². The predicted octanol–water partition coefficient (Wildman–Crippen LogP) is 0.790. The lowest BCUT2D eigenvalue weighted by Crippen LogP contribution is -2.51. The van der Waals surface area contributed by atoms with Crippen LogP contribution in [0.25, 0.3) is 0 Å². The van der Waals surface area contributed by atoms with E-state index in [0.29, 0.717) is 0 Å². The summed E-state index contributed by atoms with van der Waals surface area (Å²) < 4.78 is 0. The van der Waals surface area contributed by atoms with Crippen LogP contribution >= 0.6 is 0 Å². The van der Waals surface area contributed by atoms with E-state index in [0.717, 1.165) is 12.2 Å². The normalized spacial score (nSPS) is 41.7. The minimum atomic E-state index is 0.726. The van der Waals surface area contributed by atoms with E-state index in [-0.39, 0.29) is 0 Å². The van der Waals surface area contributed by atoms with Crippen LogP contribution in [0.3, 0.4) is 0 Å². The summed E-state index contributed by atoms with van der Waals surface area (Å²) in [5.74, 6) is 0. The van der Waals surface area contributed by atoms with E-state index in [2.05, 4.69) is 17.1 Å². The third-order valence-corrected chi connectivity index (χ3v) is 2.80. The second-order valence-corrected chi connectivity index (χ2v) is 3.49. The van der Waals surface area contributed by atoms with E-state index in [4.69, 9.17) is 0 Å². The van der Waals surface area contributed by atoms with Crippen molar-refractivity contribution in [1.82, 2.24) is 10.2 Å². The minimum Gasteiger partial charge on any atom is -0.302 e. The third-order valence-electron chi connectivity index (χ3n) is 2.80. The van der Waals surface area contributed by atoms with Gasteiger partial charge in [0.25, 0.3) is 0 Å². The van der Waals surface area contributed by atoms with Crippen LogP contribution in [0.5, 0.6) is 0 Å². The van der Waals surface area contributed by atoms with Gasteiger partial charge >= 0.3 is 0 Å². The Bertz CT molecular complexity index is 124. The van der Waals surface area contributed by atoms with Crippen molar-refractivity contribution >= 4 is 0 Å². The van der Waals surface area contributed by atoms with Gasteiger partial charge < -0.3 is 5.32 Å². The molecule has 0 spiro atoms. The molecule has 2 nitrogen and oxygen atoms in total. The Morgan fingerprint density at radius 1 is 1.40 bits per heavy atom. The van der Waals surface area contributed by atoms with E-state index in [9.17, 15) is 0 Å². The average molecular weight is 140 g/mol. The average Bonchev–Trinajstić information content (AvgIpc) is 2.36. The first-order valence-electron chi connectivity index (χ1n) is 4.37. The third kappa shape index (κ3) is 0.956. The Kier molecular flexibility index (Phi) is 1.66. The number of hydrogen-bond donors (Lipinski definition) is 1. The lowest BCUT2D eigenvalue weighted by Gasteiger charge is -2.36. The van der Waals surface area contributed by atoms with Gasteiger partial charge in [0.2, 0.25) is 0 Å². The molecule has 0 bridgehead atoms. The number of rotatable bonds is 0. The van der Waals surface area contributed by atoms with E-state index < -0.39 is 0 Å². The van der Waals surface area contributed by atoms with Crippen LogP contribution in [0.15, 0.2) is 0 Å². The van der Waals surface area contributed by atoms with Crippen molar-refractivity contribution in [3.63, 3.8) is 0 Å². The number of nitrogens with one attached hydrogen (secondary N) is 1. The molecule has 2 rings (SSSR count). The second kappa shape index (κ2) is 2.51. The molecule has 2 fully saturated rings. The van der Waals surface area contributed by atoms with E-state index in [1.165, 1.54) is 32.4 Å². The fourth-order valence-corrected chi connectivity index (χ4v) is 2.16. The highest BCUT2D eigenvalue weighted by molar-refractivity contribution is 4.85. The van der Waals surface area contributed by atoms with Crippen molar-refractivity contribution in [2.45, 2.75) is 38.4 Å². The summed E-state index contributed by atoms with van der Waals surface area (Å²) in [5.41, 5.74) is 0. The highest BCUT2D eigenvalue weighted by atomic mass is 15.3. The van der Waals surface area contributed by atoms with Crippen molar-refractivity contribution < 1.29 is 0 Å². The molecule has 2 aliphatic rings. The highest BCUT2D eigenvalue weighted by Crippen LogP contribution is 2.22. The van der Waals surface area contributed by atoms with E-state index >= 15 is 0 Å². The Hall–Kier alpha value is -0.0800. The first-order chi connectivity index (χ1) is 4.88. The topological polar surface area (TPSA) is 15.3 Å². The largest absolute Gasteiger partial charge is 0.302 e. The zero-order valence-electron chi connectivity index (χ0n) is 6.64. The van der Waals surface area contributed by atoms with Crippen molar-refractivity contribution in [2.24, 2.45) is 0 Å². The molecule has 0 unspecified atom stereocenters. The Labute approximate surface area is 62.6 Å². The number of hydrogen-bond acceptors (Lipinski definition) is 2. The van der Waals surface area contributed by atoms with Gasteiger partial charge in [0.05, 0.1) is 6.17 Å². The van der Waals surface area contributed by atoms with Gasteiger partial charge in [0.15, 0.2) is 0 Å². The minimum absolute atomic E-state index is 0.726. The van der Waals surface area contributed by atoms with Crippen LogP contribution in [0.2, 0.25) is 0 Å². The molecule has 0 aliphatic carbocycles. The zero-order chi connectivity index (χ0) is 6.97. The zero-order valence-corrected chi connectivity index (χ0v) is 6.64. The molecule has 0 aromatic heterocycles. The smallest absolute Gasteiger partial charge is 0.0599 e. The van der Waals surface area contributed by atoms with Crippen molar-refractivity contribution in [3.05, 3.63) is 0 Å².